The molecule has 0 radical (unpaired) electrons. The molecule has 3 nitrogen and oxygen atoms in total. The van der Waals surface area contributed by atoms with Crippen LogP contribution >= 0.6 is 15.9 Å². The third kappa shape index (κ3) is 7.06. The molecule has 0 heterocycles. The monoisotopic (exact) mass is 257 g/mol. The van der Waals surface area contributed by atoms with Gasteiger partial charge in [0.15, 0.2) is 0 Å². The molecule has 0 rings (SSSR count). The number of hydrogen-bond donors (Lipinski definition) is 1. The molecule has 0 aliphatic carbocycles. The Kier molecular flexibility index (Phi) is 7.08. The summed E-state index contributed by atoms with van der Waals surface area (Å²) in [5.74, 6) is 0.172. The van der Waals surface area contributed by atoms with E-state index >= 15 is 0 Å². The van der Waals surface area contributed by atoms with E-state index in [0.717, 1.165) is 24.6 Å². The highest BCUT2D eigenvalue weighted by atomic mass is 79.9. The van der Waals surface area contributed by atoms with Crippen molar-refractivity contribution in [1.82, 2.24) is 4.72 Å². The Bertz CT molecular complexity index is 192. The number of rotatable bonds is 7. The van der Waals surface area contributed by atoms with Crippen LogP contribution in [0.1, 0.15) is 26.2 Å². The van der Waals surface area contributed by atoms with Gasteiger partial charge < -0.3 is 0 Å². The van der Waals surface area contributed by atoms with Gasteiger partial charge in [-0.15, -0.1) is 0 Å². The Labute approximate surface area is 83.1 Å². The van der Waals surface area contributed by atoms with E-state index in [1.165, 1.54) is 0 Å². The summed E-state index contributed by atoms with van der Waals surface area (Å²) in [4.78, 5) is 0. The van der Waals surface area contributed by atoms with Gasteiger partial charge in [-0.2, -0.15) is 0 Å². The molecule has 0 amide bonds. The van der Waals surface area contributed by atoms with Gasteiger partial charge in [-0.1, -0.05) is 22.4 Å². The summed E-state index contributed by atoms with van der Waals surface area (Å²) >= 11 is 3.32. The van der Waals surface area contributed by atoms with Crippen molar-refractivity contribution in [1.29, 1.82) is 0 Å². The summed E-state index contributed by atoms with van der Waals surface area (Å²) < 4.78 is 24.3. The molecular formula is C7H16BrNO2S. The van der Waals surface area contributed by atoms with E-state index in [2.05, 4.69) is 20.7 Å². The van der Waals surface area contributed by atoms with Crippen LogP contribution in [0.5, 0.6) is 0 Å². The SMILES string of the molecule is CCS(=O)(=O)NCCCCCBr. The van der Waals surface area contributed by atoms with Crippen LogP contribution in [-0.2, 0) is 10.0 Å². The van der Waals surface area contributed by atoms with Gasteiger partial charge in [0.1, 0.15) is 0 Å². The molecule has 0 aromatic rings. The summed E-state index contributed by atoms with van der Waals surface area (Å²) in [7, 11) is -2.97. The number of alkyl halides is 1. The lowest BCUT2D eigenvalue weighted by atomic mass is 10.3. The molecule has 0 saturated carbocycles. The van der Waals surface area contributed by atoms with Crippen molar-refractivity contribution >= 4 is 26.0 Å². The molecule has 0 aromatic heterocycles. The van der Waals surface area contributed by atoms with Crippen LogP contribution in [0.2, 0.25) is 0 Å². The van der Waals surface area contributed by atoms with E-state index in [9.17, 15) is 8.42 Å². The molecule has 74 valence electrons. The van der Waals surface area contributed by atoms with Crippen LogP contribution in [0.3, 0.4) is 0 Å². The predicted molar refractivity (Wildman–Crippen MR) is 55.1 cm³/mol. The number of halogens is 1. The highest BCUT2D eigenvalue weighted by Crippen LogP contribution is 1.97. The van der Waals surface area contributed by atoms with Gasteiger partial charge in [0, 0.05) is 11.9 Å². The smallest absolute Gasteiger partial charge is 0.211 e. The zero-order chi connectivity index (χ0) is 9.45. The fraction of sp³-hybridized carbons (Fsp3) is 1.00. The van der Waals surface area contributed by atoms with E-state index in [1.807, 2.05) is 0 Å². The first-order valence-corrected chi connectivity index (χ1v) is 6.93. The number of sulfonamides is 1. The Morgan fingerprint density at radius 3 is 2.42 bits per heavy atom. The van der Waals surface area contributed by atoms with Gasteiger partial charge in [-0.3, -0.25) is 0 Å². The Morgan fingerprint density at radius 1 is 1.25 bits per heavy atom. The molecule has 0 atom stereocenters. The summed E-state index contributed by atoms with van der Waals surface area (Å²) in [6.45, 7) is 2.21. The fourth-order valence-electron chi connectivity index (χ4n) is 0.726. The van der Waals surface area contributed by atoms with Crippen LogP contribution in [-0.4, -0.2) is 26.0 Å². The predicted octanol–water partition coefficient (Wildman–Crippen LogP) is 1.49. The highest BCUT2D eigenvalue weighted by molar-refractivity contribution is 9.09. The number of unbranched alkanes of at least 4 members (excludes halogenated alkanes) is 2. The first-order chi connectivity index (χ1) is 5.62. The standard InChI is InChI=1S/C7H16BrNO2S/c1-2-12(10,11)9-7-5-3-4-6-8/h9H,2-7H2,1H3. The van der Waals surface area contributed by atoms with Gasteiger partial charge in [-0.25, -0.2) is 13.1 Å². The van der Waals surface area contributed by atoms with Gasteiger partial charge in [0.2, 0.25) is 10.0 Å². The Morgan fingerprint density at radius 2 is 1.92 bits per heavy atom. The molecule has 0 aromatic carbocycles. The van der Waals surface area contributed by atoms with E-state index in [-0.39, 0.29) is 5.75 Å². The van der Waals surface area contributed by atoms with Crippen molar-refractivity contribution in [3.8, 4) is 0 Å². The maximum atomic E-state index is 10.9. The van der Waals surface area contributed by atoms with Crippen molar-refractivity contribution in [2.75, 3.05) is 17.6 Å². The quantitative estimate of drug-likeness (QED) is 0.555. The molecule has 12 heavy (non-hydrogen) atoms. The average Bonchev–Trinajstić information content (AvgIpc) is 2.04. The lowest BCUT2D eigenvalue weighted by Gasteiger charge is -2.02. The van der Waals surface area contributed by atoms with Gasteiger partial charge >= 0.3 is 0 Å². The summed E-state index contributed by atoms with van der Waals surface area (Å²) in [5, 5.41) is 0.994. The fourth-order valence-corrected chi connectivity index (χ4v) is 1.78. The van der Waals surface area contributed by atoms with Crippen molar-refractivity contribution in [3.63, 3.8) is 0 Å². The molecule has 0 bridgehead atoms. The van der Waals surface area contributed by atoms with Crippen LogP contribution in [0.15, 0.2) is 0 Å². The van der Waals surface area contributed by atoms with E-state index in [4.69, 9.17) is 0 Å². The highest BCUT2D eigenvalue weighted by Gasteiger charge is 2.03. The molecule has 5 heteroatoms. The van der Waals surface area contributed by atoms with Crippen LogP contribution in [0, 0.1) is 0 Å². The molecule has 0 aliphatic rings. The zero-order valence-electron chi connectivity index (χ0n) is 7.35. The number of nitrogens with one attached hydrogen (secondary N) is 1. The minimum atomic E-state index is -2.97. The van der Waals surface area contributed by atoms with Gasteiger partial charge in [0.05, 0.1) is 5.75 Å². The van der Waals surface area contributed by atoms with Crippen molar-refractivity contribution in [2.24, 2.45) is 0 Å². The molecular weight excluding hydrogens is 242 g/mol. The van der Waals surface area contributed by atoms with Gasteiger partial charge in [-0.05, 0) is 19.8 Å². The summed E-state index contributed by atoms with van der Waals surface area (Å²) in [5.41, 5.74) is 0. The minimum Gasteiger partial charge on any atom is -0.215 e. The van der Waals surface area contributed by atoms with Crippen molar-refractivity contribution in [3.05, 3.63) is 0 Å². The second kappa shape index (κ2) is 6.86. The van der Waals surface area contributed by atoms with E-state index in [0.29, 0.717) is 6.54 Å². The molecule has 0 unspecified atom stereocenters. The topological polar surface area (TPSA) is 46.2 Å². The Balaban J connectivity index is 3.32. The third-order valence-corrected chi connectivity index (χ3v) is 3.48. The second-order valence-electron chi connectivity index (χ2n) is 2.55. The Hall–Kier alpha value is 0.390. The average molecular weight is 258 g/mol. The maximum absolute atomic E-state index is 10.9. The zero-order valence-corrected chi connectivity index (χ0v) is 9.75. The van der Waals surface area contributed by atoms with Crippen molar-refractivity contribution < 1.29 is 8.42 Å². The summed E-state index contributed by atoms with van der Waals surface area (Å²) in [6.07, 6.45) is 3.09. The third-order valence-electron chi connectivity index (χ3n) is 1.51. The van der Waals surface area contributed by atoms with Crippen LogP contribution < -0.4 is 4.72 Å². The molecule has 0 saturated heterocycles. The molecule has 1 N–H and O–H groups in total. The molecule has 0 aliphatic heterocycles. The van der Waals surface area contributed by atoms with Crippen molar-refractivity contribution in [2.45, 2.75) is 26.2 Å². The normalized spacial score (nSPS) is 11.8. The first kappa shape index (κ1) is 12.4. The lowest BCUT2D eigenvalue weighted by molar-refractivity contribution is 0.577. The lowest BCUT2D eigenvalue weighted by Crippen LogP contribution is -2.26. The van der Waals surface area contributed by atoms with E-state index < -0.39 is 10.0 Å². The summed E-state index contributed by atoms with van der Waals surface area (Å²) in [6, 6.07) is 0. The number of hydrogen-bond acceptors (Lipinski definition) is 2. The van der Waals surface area contributed by atoms with Gasteiger partial charge in [0.25, 0.3) is 0 Å². The molecule has 0 spiro atoms. The minimum absolute atomic E-state index is 0.172. The largest absolute Gasteiger partial charge is 0.215 e. The second-order valence-corrected chi connectivity index (χ2v) is 5.44. The molecule has 0 fully saturated rings. The maximum Gasteiger partial charge on any atom is 0.211 e. The van der Waals surface area contributed by atoms with Crippen LogP contribution in [0.4, 0.5) is 0 Å². The first-order valence-electron chi connectivity index (χ1n) is 4.15. The van der Waals surface area contributed by atoms with E-state index in [1.54, 1.807) is 6.92 Å². The van der Waals surface area contributed by atoms with Crippen LogP contribution in [0.25, 0.3) is 0 Å².